The number of benzene rings is 2. The van der Waals surface area contributed by atoms with E-state index in [1.165, 1.54) is 6.07 Å². The summed E-state index contributed by atoms with van der Waals surface area (Å²) >= 11 is 0. The zero-order valence-corrected chi connectivity index (χ0v) is 17.0. The SMILES string of the molecule is O=C(CCCc1nc2ccccc2c(=O)[nH]1)N1CCN(c2ccccc2[N+](=O)[O-])CC1. The van der Waals surface area contributed by atoms with Crippen molar-refractivity contribution in [3.63, 3.8) is 0 Å². The lowest BCUT2D eigenvalue weighted by atomic mass is 10.1. The van der Waals surface area contributed by atoms with Crippen molar-refractivity contribution < 1.29 is 9.72 Å². The summed E-state index contributed by atoms with van der Waals surface area (Å²) in [6.45, 7) is 2.15. The number of anilines is 1. The molecule has 1 fully saturated rings. The summed E-state index contributed by atoms with van der Waals surface area (Å²) in [5.41, 5.74) is 1.15. The number of nitrogens with one attached hydrogen (secondary N) is 1. The van der Waals surface area contributed by atoms with Gasteiger partial charge in [-0.15, -0.1) is 0 Å². The second-order valence-corrected chi connectivity index (χ2v) is 7.50. The molecule has 1 aliphatic rings. The number of piperazine rings is 1. The Kier molecular flexibility index (Phi) is 5.92. The number of para-hydroxylation sites is 3. The first kappa shape index (κ1) is 20.5. The van der Waals surface area contributed by atoms with Gasteiger partial charge in [-0.25, -0.2) is 4.98 Å². The van der Waals surface area contributed by atoms with Crippen LogP contribution in [0.3, 0.4) is 0 Å². The Hall–Kier alpha value is -3.75. The fourth-order valence-corrected chi connectivity index (χ4v) is 3.90. The van der Waals surface area contributed by atoms with E-state index in [0.717, 1.165) is 0 Å². The molecule has 9 heteroatoms. The maximum Gasteiger partial charge on any atom is 0.292 e. The smallest absolute Gasteiger partial charge is 0.292 e. The topological polar surface area (TPSA) is 112 Å². The molecule has 0 bridgehead atoms. The van der Waals surface area contributed by atoms with Crippen LogP contribution < -0.4 is 10.5 Å². The van der Waals surface area contributed by atoms with Gasteiger partial charge in [-0.05, 0) is 24.6 Å². The molecule has 31 heavy (non-hydrogen) atoms. The van der Waals surface area contributed by atoms with Gasteiger partial charge in [0.15, 0.2) is 0 Å². The number of H-pyrrole nitrogens is 1. The molecule has 1 amide bonds. The van der Waals surface area contributed by atoms with Crippen LogP contribution in [0.2, 0.25) is 0 Å². The summed E-state index contributed by atoms with van der Waals surface area (Å²) in [4.78, 5) is 46.6. The van der Waals surface area contributed by atoms with E-state index >= 15 is 0 Å². The highest BCUT2D eigenvalue weighted by molar-refractivity contribution is 5.77. The molecule has 0 saturated carbocycles. The molecule has 1 aromatic heterocycles. The van der Waals surface area contributed by atoms with Crippen LogP contribution in [-0.4, -0.2) is 51.9 Å². The highest BCUT2D eigenvalue weighted by Gasteiger charge is 2.25. The van der Waals surface area contributed by atoms with Crippen LogP contribution in [0, 0.1) is 10.1 Å². The third-order valence-electron chi connectivity index (χ3n) is 5.52. The normalized spacial score (nSPS) is 14.1. The molecular formula is C22H23N5O4. The van der Waals surface area contributed by atoms with Crippen molar-refractivity contribution in [3.05, 3.63) is 74.8 Å². The first-order valence-corrected chi connectivity index (χ1v) is 10.3. The Morgan fingerprint density at radius 1 is 1.06 bits per heavy atom. The molecule has 160 valence electrons. The fraction of sp³-hybridized carbons (Fsp3) is 0.318. The van der Waals surface area contributed by atoms with Gasteiger partial charge in [0, 0.05) is 45.1 Å². The summed E-state index contributed by atoms with van der Waals surface area (Å²) < 4.78 is 0. The number of rotatable bonds is 6. The van der Waals surface area contributed by atoms with Crippen molar-refractivity contribution in [2.45, 2.75) is 19.3 Å². The third-order valence-corrected chi connectivity index (χ3v) is 5.52. The fourth-order valence-electron chi connectivity index (χ4n) is 3.90. The van der Waals surface area contributed by atoms with Gasteiger partial charge in [-0.3, -0.25) is 19.7 Å². The highest BCUT2D eigenvalue weighted by atomic mass is 16.6. The molecule has 4 rings (SSSR count). The highest BCUT2D eigenvalue weighted by Crippen LogP contribution is 2.28. The maximum atomic E-state index is 12.6. The molecule has 0 spiro atoms. The van der Waals surface area contributed by atoms with E-state index in [1.54, 1.807) is 41.3 Å². The molecular weight excluding hydrogens is 398 g/mol. The number of aryl methyl sites for hydroxylation is 1. The van der Waals surface area contributed by atoms with E-state index < -0.39 is 0 Å². The molecule has 3 aromatic rings. The quantitative estimate of drug-likeness (QED) is 0.483. The zero-order chi connectivity index (χ0) is 21.8. The van der Waals surface area contributed by atoms with Crippen molar-refractivity contribution >= 4 is 28.2 Å². The van der Waals surface area contributed by atoms with Crippen LogP contribution in [0.25, 0.3) is 10.9 Å². The standard InChI is InChI=1S/C22H23N5O4/c28-21(11-5-10-20-23-17-7-2-1-6-16(17)22(29)24-20)26-14-12-25(13-15-26)18-8-3-4-9-19(18)27(30)31/h1-4,6-9H,5,10-15H2,(H,23,24,29). The van der Waals surface area contributed by atoms with Crippen molar-refractivity contribution in [1.82, 2.24) is 14.9 Å². The molecule has 0 unspecified atom stereocenters. The summed E-state index contributed by atoms with van der Waals surface area (Å²) in [5.74, 6) is 0.628. The van der Waals surface area contributed by atoms with Gasteiger partial charge >= 0.3 is 0 Å². The lowest BCUT2D eigenvalue weighted by molar-refractivity contribution is -0.384. The van der Waals surface area contributed by atoms with Crippen molar-refractivity contribution in [1.29, 1.82) is 0 Å². The number of hydrogen-bond donors (Lipinski definition) is 1. The van der Waals surface area contributed by atoms with E-state index in [1.807, 2.05) is 11.0 Å². The summed E-state index contributed by atoms with van der Waals surface area (Å²) in [6.07, 6.45) is 1.47. The largest absolute Gasteiger partial charge is 0.362 e. The van der Waals surface area contributed by atoms with Gasteiger partial charge in [0.1, 0.15) is 11.5 Å². The number of amides is 1. The minimum Gasteiger partial charge on any atom is -0.362 e. The number of aromatic amines is 1. The number of nitro groups is 1. The second-order valence-electron chi connectivity index (χ2n) is 7.50. The zero-order valence-electron chi connectivity index (χ0n) is 17.0. The monoisotopic (exact) mass is 421 g/mol. The first-order chi connectivity index (χ1) is 15.0. The molecule has 0 atom stereocenters. The molecule has 1 saturated heterocycles. The average Bonchev–Trinajstić information content (AvgIpc) is 2.79. The van der Waals surface area contributed by atoms with Crippen LogP contribution in [-0.2, 0) is 11.2 Å². The summed E-state index contributed by atoms with van der Waals surface area (Å²) in [5, 5.41) is 11.8. The average molecular weight is 421 g/mol. The van der Waals surface area contributed by atoms with Crippen LogP contribution in [0.5, 0.6) is 0 Å². The minimum atomic E-state index is -0.377. The first-order valence-electron chi connectivity index (χ1n) is 10.3. The van der Waals surface area contributed by atoms with Crippen LogP contribution in [0.15, 0.2) is 53.3 Å². The van der Waals surface area contributed by atoms with Gasteiger partial charge in [-0.1, -0.05) is 24.3 Å². The Bertz CT molecular complexity index is 1170. The number of carbonyl (C=O) groups is 1. The Balaban J connectivity index is 1.30. The lowest BCUT2D eigenvalue weighted by Gasteiger charge is -2.35. The summed E-state index contributed by atoms with van der Waals surface area (Å²) in [6, 6.07) is 13.8. The van der Waals surface area contributed by atoms with E-state index in [-0.39, 0.29) is 22.1 Å². The minimum absolute atomic E-state index is 0.0466. The Morgan fingerprint density at radius 2 is 1.77 bits per heavy atom. The second kappa shape index (κ2) is 8.95. The number of hydrogen-bond acceptors (Lipinski definition) is 6. The van der Waals surface area contributed by atoms with E-state index in [2.05, 4.69) is 9.97 Å². The molecule has 2 aromatic carbocycles. The molecule has 2 heterocycles. The van der Waals surface area contributed by atoms with E-state index in [4.69, 9.17) is 0 Å². The predicted molar refractivity (Wildman–Crippen MR) is 117 cm³/mol. The molecule has 0 aliphatic carbocycles. The molecule has 1 aliphatic heterocycles. The molecule has 9 nitrogen and oxygen atoms in total. The van der Waals surface area contributed by atoms with Gasteiger partial charge < -0.3 is 14.8 Å². The number of nitrogens with zero attached hydrogens (tertiary/aromatic N) is 4. The van der Waals surface area contributed by atoms with Gasteiger partial charge in [-0.2, -0.15) is 0 Å². The van der Waals surface area contributed by atoms with E-state index in [0.29, 0.717) is 67.9 Å². The maximum absolute atomic E-state index is 12.6. The number of nitro benzene ring substituents is 1. The van der Waals surface area contributed by atoms with Gasteiger partial charge in [0.2, 0.25) is 5.91 Å². The number of aromatic nitrogens is 2. The van der Waals surface area contributed by atoms with Crippen LogP contribution in [0.4, 0.5) is 11.4 Å². The molecule has 1 N–H and O–H groups in total. The van der Waals surface area contributed by atoms with E-state index in [9.17, 15) is 19.7 Å². The van der Waals surface area contributed by atoms with Crippen LogP contribution >= 0.6 is 0 Å². The van der Waals surface area contributed by atoms with Crippen LogP contribution in [0.1, 0.15) is 18.7 Å². The Labute approximate surface area is 178 Å². The lowest BCUT2D eigenvalue weighted by Crippen LogP contribution is -2.48. The third kappa shape index (κ3) is 4.55. The van der Waals surface area contributed by atoms with Crippen molar-refractivity contribution in [3.8, 4) is 0 Å². The summed E-state index contributed by atoms with van der Waals surface area (Å²) in [7, 11) is 0. The number of carbonyl (C=O) groups excluding carboxylic acids is 1. The van der Waals surface area contributed by atoms with Gasteiger partial charge in [0.05, 0.1) is 15.8 Å². The van der Waals surface area contributed by atoms with Crippen molar-refractivity contribution in [2.75, 3.05) is 31.1 Å². The molecule has 0 radical (unpaired) electrons. The van der Waals surface area contributed by atoms with Gasteiger partial charge in [0.25, 0.3) is 11.2 Å². The number of fused-ring (bicyclic) bond motifs is 1. The Morgan fingerprint density at radius 3 is 2.55 bits per heavy atom. The predicted octanol–water partition coefficient (Wildman–Crippen LogP) is 2.50. The van der Waals surface area contributed by atoms with Crippen molar-refractivity contribution in [2.24, 2.45) is 0 Å².